The Morgan fingerprint density at radius 3 is 3.10 bits per heavy atom. The fourth-order valence-corrected chi connectivity index (χ4v) is 3.57. The Labute approximate surface area is 128 Å². The maximum absolute atomic E-state index is 6.46. The summed E-state index contributed by atoms with van der Waals surface area (Å²) in [6.45, 7) is 7.49. The molecule has 3 rings (SSSR count). The molecule has 0 spiro atoms. The first-order valence-electron chi connectivity index (χ1n) is 7.04. The lowest BCUT2D eigenvalue weighted by atomic mass is 9.98. The normalized spacial score (nSPS) is 24.1. The summed E-state index contributed by atoms with van der Waals surface area (Å²) in [5, 5.41) is 4.42. The van der Waals surface area contributed by atoms with Gasteiger partial charge in [0, 0.05) is 18.6 Å². The van der Waals surface area contributed by atoms with E-state index in [1.54, 1.807) is 0 Å². The van der Waals surface area contributed by atoms with E-state index in [1.807, 2.05) is 12.1 Å². The predicted molar refractivity (Wildman–Crippen MR) is 86.0 cm³/mol. The molecule has 1 atom stereocenters. The van der Waals surface area contributed by atoms with Crippen LogP contribution in [-0.2, 0) is 0 Å². The molecule has 2 aromatic rings. The van der Waals surface area contributed by atoms with Crippen molar-refractivity contribution >= 4 is 40.0 Å². The van der Waals surface area contributed by atoms with Crippen molar-refractivity contribution in [3.8, 4) is 0 Å². The van der Waals surface area contributed by atoms with Crippen LogP contribution in [0, 0.1) is 0 Å². The van der Waals surface area contributed by atoms with E-state index < -0.39 is 0 Å². The number of benzene rings is 1. The molecule has 0 radical (unpaired) electrons. The number of fused-ring (bicyclic) bond motifs is 1. The third-order valence-corrected chi connectivity index (χ3v) is 4.99. The molecule has 0 saturated carbocycles. The van der Waals surface area contributed by atoms with Crippen molar-refractivity contribution in [2.75, 3.05) is 24.5 Å². The van der Waals surface area contributed by atoms with Crippen LogP contribution < -0.4 is 10.2 Å². The van der Waals surface area contributed by atoms with Gasteiger partial charge in [-0.1, -0.05) is 18.5 Å². The van der Waals surface area contributed by atoms with Crippen LogP contribution in [0.3, 0.4) is 0 Å². The molecule has 6 heteroatoms. The Morgan fingerprint density at radius 2 is 2.30 bits per heavy atom. The molecule has 1 N–H and O–H groups in total. The Hall–Kier alpha value is -0.910. The topological polar surface area (TPSA) is 41.1 Å². The lowest BCUT2D eigenvalue weighted by molar-refractivity contribution is 0.366. The number of hydrogen-bond donors (Lipinski definition) is 1. The van der Waals surface area contributed by atoms with Crippen molar-refractivity contribution in [2.24, 2.45) is 0 Å². The second-order valence-corrected chi connectivity index (χ2v) is 6.58. The molecule has 20 heavy (non-hydrogen) atoms. The highest BCUT2D eigenvalue weighted by Gasteiger charge is 2.29. The quantitative estimate of drug-likeness (QED) is 0.924. The van der Waals surface area contributed by atoms with Crippen LogP contribution in [-0.4, -0.2) is 33.9 Å². The molecule has 1 unspecified atom stereocenters. The Morgan fingerprint density at radius 1 is 1.45 bits per heavy atom. The first-order valence-corrected chi connectivity index (χ1v) is 8.14. The highest BCUT2D eigenvalue weighted by Crippen LogP contribution is 2.35. The second kappa shape index (κ2) is 5.47. The first kappa shape index (κ1) is 14.0. The van der Waals surface area contributed by atoms with Crippen molar-refractivity contribution in [1.82, 2.24) is 14.1 Å². The monoisotopic (exact) mass is 310 g/mol. The molecular formula is C14H19ClN4S. The van der Waals surface area contributed by atoms with Gasteiger partial charge in [-0.15, -0.1) is 0 Å². The molecule has 1 aliphatic heterocycles. The van der Waals surface area contributed by atoms with Gasteiger partial charge < -0.3 is 10.2 Å². The Kier molecular flexibility index (Phi) is 3.84. The zero-order valence-electron chi connectivity index (χ0n) is 11.8. The molecular weight excluding hydrogens is 292 g/mol. The standard InChI is InChI=1S/C14H19ClN4S/c1-3-14(2)9-19(8-4-7-16-14)13-10(15)5-6-11-12(13)18-20-17-11/h5-6,16H,3-4,7-9H2,1-2H3. The molecule has 4 nitrogen and oxygen atoms in total. The number of anilines is 1. The maximum Gasteiger partial charge on any atom is 0.129 e. The van der Waals surface area contributed by atoms with Gasteiger partial charge in [-0.05, 0) is 38.4 Å². The Bertz CT molecular complexity index is 614. The van der Waals surface area contributed by atoms with E-state index >= 15 is 0 Å². The van der Waals surface area contributed by atoms with Crippen LogP contribution in [0.4, 0.5) is 5.69 Å². The average molecular weight is 311 g/mol. The lowest BCUT2D eigenvalue weighted by Crippen LogP contribution is -2.48. The van der Waals surface area contributed by atoms with Crippen LogP contribution in [0.15, 0.2) is 12.1 Å². The molecule has 1 saturated heterocycles. The molecule has 1 aromatic heterocycles. The molecule has 0 amide bonds. The van der Waals surface area contributed by atoms with Crippen molar-refractivity contribution in [2.45, 2.75) is 32.2 Å². The third-order valence-electron chi connectivity index (χ3n) is 4.14. The molecule has 0 aliphatic carbocycles. The van der Waals surface area contributed by atoms with E-state index in [1.165, 1.54) is 11.7 Å². The zero-order chi connectivity index (χ0) is 14.2. The number of hydrogen-bond acceptors (Lipinski definition) is 5. The minimum Gasteiger partial charge on any atom is -0.367 e. The minimum absolute atomic E-state index is 0.117. The van der Waals surface area contributed by atoms with Crippen molar-refractivity contribution in [3.63, 3.8) is 0 Å². The van der Waals surface area contributed by atoms with E-state index in [-0.39, 0.29) is 5.54 Å². The van der Waals surface area contributed by atoms with E-state index in [0.717, 1.165) is 54.2 Å². The van der Waals surface area contributed by atoms with Gasteiger partial charge in [0.15, 0.2) is 0 Å². The number of rotatable bonds is 2. The fourth-order valence-electron chi connectivity index (χ4n) is 2.76. The number of halogens is 1. The van der Waals surface area contributed by atoms with Gasteiger partial charge in [-0.25, -0.2) is 0 Å². The number of nitrogens with zero attached hydrogens (tertiary/aromatic N) is 3. The molecule has 1 fully saturated rings. The summed E-state index contributed by atoms with van der Waals surface area (Å²) in [6.07, 6.45) is 2.20. The van der Waals surface area contributed by atoms with E-state index in [4.69, 9.17) is 11.6 Å². The molecule has 2 heterocycles. The smallest absolute Gasteiger partial charge is 0.129 e. The lowest BCUT2D eigenvalue weighted by Gasteiger charge is -2.34. The van der Waals surface area contributed by atoms with Gasteiger partial charge >= 0.3 is 0 Å². The first-order chi connectivity index (χ1) is 9.63. The Balaban J connectivity index is 2.04. The summed E-state index contributed by atoms with van der Waals surface area (Å²) in [7, 11) is 0. The van der Waals surface area contributed by atoms with Crippen LogP contribution in [0.5, 0.6) is 0 Å². The summed E-state index contributed by atoms with van der Waals surface area (Å²) < 4.78 is 8.77. The van der Waals surface area contributed by atoms with E-state index in [0.29, 0.717) is 0 Å². The molecule has 1 aromatic carbocycles. The van der Waals surface area contributed by atoms with Gasteiger partial charge in [0.25, 0.3) is 0 Å². The van der Waals surface area contributed by atoms with Gasteiger partial charge in [0.1, 0.15) is 11.0 Å². The number of nitrogens with one attached hydrogen (secondary N) is 1. The third kappa shape index (κ3) is 2.50. The molecule has 108 valence electrons. The van der Waals surface area contributed by atoms with Crippen LogP contribution >= 0.6 is 23.3 Å². The predicted octanol–water partition coefficient (Wildman–Crippen LogP) is 3.31. The fraction of sp³-hybridized carbons (Fsp3) is 0.571. The molecule has 0 bridgehead atoms. The average Bonchev–Trinajstić information content (AvgIpc) is 2.82. The van der Waals surface area contributed by atoms with Crippen molar-refractivity contribution in [1.29, 1.82) is 0 Å². The van der Waals surface area contributed by atoms with Gasteiger partial charge in [0.05, 0.1) is 22.4 Å². The van der Waals surface area contributed by atoms with E-state index in [2.05, 4.69) is 32.8 Å². The maximum atomic E-state index is 6.46. The second-order valence-electron chi connectivity index (χ2n) is 5.64. The van der Waals surface area contributed by atoms with Crippen LogP contribution in [0.2, 0.25) is 5.02 Å². The van der Waals surface area contributed by atoms with Crippen molar-refractivity contribution in [3.05, 3.63) is 17.2 Å². The highest BCUT2D eigenvalue weighted by atomic mass is 35.5. The summed E-state index contributed by atoms with van der Waals surface area (Å²) in [5.74, 6) is 0. The summed E-state index contributed by atoms with van der Waals surface area (Å²) in [5.41, 5.74) is 3.03. The highest BCUT2D eigenvalue weighted by molar-refractivity contribution is 7.00. The largest absolute Gasteiger partial charge is 0.367 e. The summed E-state index contributed by atoms with van der Waals surface area (Å²) in [6, 6.07) is 3.88. The van der Waals surface area contributed by atoms with Crippen LogP contribution in [0.25, 0.3) is 11.0 Å². The SMILES string of the molecule is CCC1(C)CN(c2c(Cl)ccc3nsnc23)CCCN1. The van der Waals surface area contributed by atoms with Gasteiger partial charge in [-0.3, -0.25) is 0 Å². The molecule has 1 aliphatic rings. The number of aromatic nitrogens is 2. The van der Waals surface area contributed by atoms with Gasteiger partial charge in [0.2, 0.25) is 0 Å². The van der Waals surface area contributed by atoms with E-state index in [9.17, 15) is 0 Å². The minimum atomic E-state index is 0.117. The summed E-state index contributed by atoms with van der Waals surface area (Å²) in [4.78, 5) is 2.37. The summed E-state index contributed by atoms with van der Waals surface area (Å²) >= 11 is 7.71. The van der Waals surface area contributed by atoms with Crippen LogP contribution in [0.1, 0.15) is 26.7 Å². The zero-order valence-corrected chi connectivity index (χ0v) is 13.4. The van der Waals surface area contributed by atoms with Gasteiger partial charge in [-0.2, -0.15) is 8.75 Å². The van der Waals surface area contributed by atoms with Crippen molar-refractivity contribution < 1.29 is 0 Å².